The highest BCUT2D eigenvalue weighted by Crippen LogP contribution is 2.06. The minimum absolute atomic E-state index is 0.103. The van der Waals surface area contributed by atoms with Gasteiger partial charge in [0.15, 0.2) is 0 Å². The molecule has 0 aliphatic rings. The second-order valence-electron chi connectivity index (χ2n) is 5.66. The van der Waals surface area contributed by atoms with Gasteiger partial charge in [0.1, 0.15) is 0 Å². The van der Waals surface area contributed by atoms with Gasteiger partial charge in [-0.15, -0.1) is 0 Å². The predicted octanol–water partition coefficient (Wildman–Crippen LogP) is 1.65. The molecule has 126 valence electrons. The summed E-state index contributed by atoms with van der Waals surface area (Å²) in [5, 5.41) is 11.6. The lowest BCUT2D eigenvalue weighted by Gasteiger charge is -2.22. The minimum Gasteiger partial charge on any atom is -0.481 e. The number of hydrogen-bond donors (Lipinski definition) is 2. The number of carboxylic acids is 1. The zero-order valence-electron chi connectivity index (χ0n) is 13.8. The van der Waals surface area contributed by atoms with Crippen molar-refractivity contribution in [3.8, 4) is 0 Å². The number of carboxylic acid groups (broad SMARTS) is 1. The van der Waals surface area contributed by atoms with Gasteiger partial charge in [0, 0.05) is 32.5 Å². The van der Waals surface area contributed by atoms with Crippen LogP contribution >= 0.6 is 0 Å². The third-order valence-electron chi connectivity index (χ3n) is 3.80. The molecule has 0 heterocycles. The average Bonchev–Trinajstić information content (AvgIpc) is 2.51. The maximum Gasteiger partial charge on any atom is 0.308 e. The van der Waals surface area contributed by atoms with Crippen LogP contribution in [0.5, 0.6) is 0 Å². The van der Waals surface area contributed by atoms with E-state index in [-0.39, 0.29) is 18.2 Å². The van der Waals surface area contributed by atoms with Crippen LogP contribution in [0.2, 0.25) is 0 Å². The van der Waals surface area contributed by atoms with E-state index in [9.17, 15) is 14.4 Å². The van der Waals surface area contributed by atoms with Crippen molar-refractivity contribution in [2.45, 2.75) is 39.8 Å². The molecule has 0 fully saturated rings. The highest BCUT2D eigenvalue weighted by molar-refractivity contribution is 5.79. The van der Waals surface area contributed by atoms with E-state index in [2.05, 4.69) is 5.32 Å². The first-order valence-corrected chi connectivity index (χ1v) is 7.63. The van der Waals surface area contributed by atoms with Crippen LogP contribution in [-0.2, 0) is 20.9 Å². The Bertz CT molecular complexity index is 545. The van der Waals surface area contributed by atoms with E-state index in [4.69, 9.17) is 5.11 Å². The number of amides is 2. The first-order chi connectivity index (χ1) is 10.8. The van der Waals surface area contributed by atoms with Gasteiger partial charge in [-0.3, -0.25) is 14.4 Å². The van der Waals surface area contributed by atoms with E-state index < -0.39 is 17.9 Å². The summed E-state index contributed by atoms with van der Waals surface area (Å²) in [6.45, 7) is 5.42. The summed E-state index contributed by atoms with van der Waals surface area (Å²) in [7, 11) is 0. The summed E-state index contributed by atoms with van der Waals surface area (Å²) in [6.07, 6.45) is 0.142. The molecule has 2 atom stereocenters. The fourth-order valence-electron chi connectivity index (χ4n) is 2.05. The van der Waals surface area contributed by atoms with Crippen molar-refractivity contribution in [2.24, 2.45) is 5.92 Å². The summed E-state index contributed by atoms with van der Waals surface area (Å²) in [5.74, 6) is -1.97. The lowest BCUT2D eigenvalue weighted by molar-refractivity contribution is -0.142. The molecule has 0 bridgehead atoms. The first-order valence-electron chi connectivity index (χ1n) is 7.63. The Morgan fingerprint density at radius 3 is 2.30 bits per heavy atom. The summed E-state index contributed by atoms with van der Waals surface area (Å²) < 4.78 is 0. The lowest BCUT2D eigenvalue weighted by atomic mass is 10.0. The topological polar surface area (TPSA) is 86.7 Å². The number of nitrogens with one attached hydrogen (secondary N) is 1. The normalized spacial score (nSPS) is 13.0. The standard InChI is InChI=1S/C17H24N2O4/c1-12(17(22)23)13(2)18-16(21)9-10-19(14(3)20)11-15-7-5-4-6-8-15/h4-8,12-13H,9-11H2,1-3H3,(H,18,21)(H,22,23). The van der Waals surface area contributed by atoms with E-state index in [1.807, 2.05) is 30.3 Å². The Kier molecular flexibility index (Phi) is 7.25. The Labute approximate surface area is 136 Å². The van der Waals surface area contributed by atoms with Crippen LogP contribution in [0.3, 0.4) is 0 Å². The molecular weight excluding hydrogens is 296 g/mol. The summed E-state index contributed by atoms with van der Waals surface area (Å²) in [4.78, 5) is 36.1. The number of benzene rings is 1. The molecule has 0 radical (unpaired) electrons. The van der Waals surface area contributed by atoms with E-state index in [0.717, 1.165) is 5.56 Å². The van der Waals surface area contributed by atoms with Crippen LogP contribution in [-0.4, -0.2) is 40.4 Å². The third kappa shape index (κ3) is 6.50. The molecule has 1 aromatic carbocycles. The molecular formula is C17H24N2O4. The van der Waals surface area contributed by atoms with Crippen LogP contribution in [0.4, 0.5) is 0 Å². The predicted molar refractivity (Wildman–Crippen MR) is 86.6 cm³/mol. The first kappa shape index (κ1) is 18.7. The number of hydrogen-bond acceptors (Lipinski definition) is 3. The molecule has 0 aliphatic carbocycles. The molecule has 0 aromatic heterocycles. The molecule has 23 heavy (non-hydrogen) atoms. The number of carbonyl (C=O) groups excluding carboxylic acids is 2. The zero-order chi connectivity index (χ0) is 17.4. The van der Waals surface area contributed by atoms with E-state index in [1.165, 1.54) is 6.92 Å². The molecule has 2 N–H and O–H groups in total. The molecule has 2 unspecified atom stereocenters. The van der Waals surface area contributed by atoms with Crippen molar-refractivity contribution < 1.29 is 19.5 Å². The second kappa shape index (κ2) is 8.92. The van der Waals surface area contributed by atoms with E-state index >= 15 is 0 Å². The Hall–Kier alpha value is -2.37. The summed E-state index contributed by atoms with van der Waals surface area (Å²) in [6, 6.07) is 9.09. The van der Waals surface area contributed by atoms with Crippen molar-refractivity contribution in [3.05, 3.63) is 35.9 Å². The molecule has 6 nitrogen and oxygen atoms in total. The quantitative estimate of drug-likeness (QED) is 0.762. The van der Waals surface area contributed by atoms with Gasteiger partial charge in [-0.05, 0) is 19.4 Å². The number of nitrogens with zero attached hydrogens (tertiary/aromatic N) is 1. The molecule has 0 aliphatic heterocycles. The van der Waals surface area contributed by atoms with E-state index in [0.29, 0.717) is 13.1 Å². The van der Waals surface area contributed by atoms with Gasteiger partial charge in [0.2, 0.25) is 11.8 Å². The van der Waals surface area contributed by atoms with E-state index in [1.54, 1.807) is 18.7 Å². The maximum absolute atomic E-state index is 11.9. The van der Waals surface area contributed by atoms with Crippen molar-refractivity contribution in [1.82, 2.24) is 10.2 Å². The van der Waals surface area contributed by atoms with Gasteiger partial charge in [0.25, 0.3) is 0 Å². The van der Waals surface area contributed by atoms with Gasteiger partial charge < -0.3 is 15.3 Å². The molecule has 0 spiro atoms. The van der Waals surface area contributed by atoms with Gasteiger partial charge in [-0.1, -0.05) is 30.3 Å². The lowest BCUT2D eigenvalue weighted by Crippen LogP contribution is -2.41. The summed E-state index contributed by atoms with van der Waals surface area (Å²) in [5.41, 5.74) is 0.996. The minimum atomic E-state index is -0.952. The third-order valence-corrected chi connectivity index (χ3v) is 3.80. The number of carbonyl (C=O) groups is 3. The van der Waals surface area contributed by atoms with Crippen LogP contribution in [0, 0.1) is 5.92 Å². The second-order valence-corrected chi connectivity index (χ2v) is 5.66. The highest BCUT2D eigenvalue weighted by Gasteiger charge is 2.21. The van der Waals surface area contributed by atoms with Gasteiger partial charge >= 0.3 is 5.97 Å². The number of aliphatic carboxylic acids is 1. The monoisotopic (exact) mass is 320 g/mol. The van der Waals surface area contributed by atoms with Crippen molar-refractivity contribution >= 4 is 17.8 Å². The van der Waals surface area contributed by atoms with Crippen LogP contribution < -0.4 is 5.32 Å². The average molecular weight is 320 g/mol. The number of rotatable bonds is 8. The Balaban J connectivity index is 2.50. The van der Waals surface area contributed by atoms with Crippen LogP contribution in [0.25, 0.3) is 0 Å². The fourth-order valence-corrected chi connectivity index (χ4v) is 2.05. The Morgan fingerprint density at radius 1 is 1.17 bits per heavy atom. The zero-order valence-corrected chi connectivity index (χ0v) is 13.8. The van der Waals surface area contributed by atoms with Crippen molar-refractivity contribution in [1.29, 1.82) is 0 Å². The van der Waals surface area contributed by atoms with Gasteiger partial charge in [0.05, 0.1) is 5.92 Å². The van der Waals surface area contributed by atoms with Crippen molar-refractivity contribution in [2.75, 3.05) is 6.54 Å². The molecule has 1 rings (SSSR count). The van der Waals surface area contributed by atoms with Crippen LogP contribution in [0.15, 0.2) is 30.3 Å². The highest BCUT2D eigenvalue weighted by atomic mass is 16.4. The molecule has 0 saturated carbocycles. The van der Waals surface area contributed by atoms with Gasteiger partial charge in [-0.2, -0.15) is 0 Å². The van der Waals surface area contributed by atoms with Crippen molar-refractivity contribution in [3.63, 3.8) is 0 Å². The van der Waals surface area contributed by atoms with Crippen LogP contribution in [0.1, 0.15) is 32.8 Å². The molecule has 2 amide bonds. The fraction of sp³-hybridized carbons (Fsp3) is 0.471. The molecule has 6 heteroatoms. The molecule has 1 aromatic rings. The molecule has 0 saturated heterocycles. The smallest absolute Gasteiger partial charge is 0.308 e. The largest absolute Gasteiger partial charge is 0.481 e. The van der Waals surface area contributed by atoms with Gasteiger partial charge in [-0.25, -0.2) is 0 Å². The SMILES string of the molecule is CC(=O)N(CCC(=O)NC(C)C(C)C(=O)O)Cc1ccccc1. The summed E-state index contributed by atoms with van der Waals surface area (Å²) >= 11 is 0. The Morgan fingerprint density at radius 2 is 1.78 bits per heavy atom. The maximum atomic E-state index is 11.9.